The summed E-state index contributed by atoms with van der Waals surface area (Å²) in [6.07, 6.45) is -0.135. The molecule has 0 aromatic heterocycles. The lowest BCUT2D eigenvalue weighted by Crippen LogP contribution is -1.98. The Balaban J connectivity index is 2.86. The molecule has 0 saturated carbocycles. The van der Waals surface area contributed by atoms with Crippen molar-refractivity contribution in [1.29, 1.82) is 0 Å². The molecule has 0 aliphatic carbocycles. The molecule has 3 nitrogen and oxygen atoms in total. The first-order chi connectivity index (χ1) is 7.54. The number of methoxy groups -OCH3 is 1. The van der Waals surface area contributed by atoms with Crippen molar-refractivity contribution in [3.63, 3.8) is 0 Å². The molecule has 1 aromatic carbocycles. The summed E-state index contributed by atoms with van der Waals surface area (Å²) in [5, 5.41) is 0. The first-order valence-corrected chi connectivity index (χ1v) is 4.34. The predicted octanol–water partition coefficient (Wildman–Crippen LogP) is 1.46. The molecule has 0 saturated heterocycles. The summed E-state index contributed by atoms with van der Waals surface area (Å²) in [6.45, 7) is 0. The number of rotatable bonds is 1. The molecule has 1 aromatic rings. The van der Waals surface area contributed by atoms with E-state index in [1.165, 1.54) is 7.11 Å². The zero-order valence-corrected chi connectivity index (χ0v) is 8.51. The Hall–Kier alpha value is -2.09. The largest absolute Gasteiger partial charge is 0.468 e. The van der Waals surface area contributed by atoms with Crippen LogP contribution in [0.5, 0.6) is 0 Å². The number of anilines is 1. The summed E-state index contributed by atoms with van der Waals surface area (Å²) in [7, 11) is 1.23. The van der Waals surface area contributed by atoms with Gasteiger partial charge in [-0.3, -0.25) is 4.79 Å². The quantitative estimate of drug-likeness (QED) is 0.447. The summed E-state index contributed by atoms with van der Waals surface area (Å²) < 4.78 is 30.3. The Kier molecular flexibility index (Phi) is 3.84. The van der Waals surface area contributed by atoms with Crippen LogP contribution in [0, 0.1) is 23.5 Å². The van der Waals surface area contributed by atoms with Crippen LogP contribution in [0.15, 0.2) is 12.1 Å². The number of nitrogens with two attached hydrogens (primary N) is 1. The SMILES string of the molecule is COC(=O)CC#Cc1cc(F)c(N)c(F)c1. The number of esters is 1. The highest BCUT2D eigenvalue weighted by atomic mass is 19.1. The molecule has 5 heteroatoms. The Labute approximate surface area is 91.2 Å². The molecule has 0 spiro atoms. The molecule has 0 heterocycles. The summed E-state index contributed by atoms with van der Waals surface area (Å²) in [4.78, 5) is 10.7. The van der Waals surface area contributed by atoms with Crippen LogP contribution >= 0.6 is 0 Å². The average molecular weight is 225 g/mol. The maximum atomic E-state index is 13.0. The number of hydrogen-bond acceptors (Lipinski definition) is 3. The fraction of sp³-hybridized carbons (Fsp3) is 0.182. The molecule has 0 aliphatic heterocycles. The Morgan fingerprint density at radius 3 is 2.50 bits per heavy atom. The summed E-state index contributed by atoms with van der Waals surface area (Å²) in [5.74, 6) is 2.60. The van der Waals surface area contributed by atoms with E-state index in [4.69, 9.17) is 5.73 Å². The third-order valence-corrected chi connectivity index (χ3v) is 1.77. The first-order valence-electron chi connectivity index (χ1n) is 4.34. The highest BCUT2D eigenvalue weighted by Crippen LogP contribution is 2.16. The Morgan fingerprint density at radius 2 is 2.00 bits per heavy atom. The van der Waals surface area contributed by atoms with Crippen LogP contribution in [0.3, 0.4) is 0 Å². The van der Waals surface area contributed by atoms with Gasteiger partial charge in [-0.05, 0) is 12.1 Å². The predicted molar refractivity (Wildman–Crippen MR) is 54.3 cm³/mol. The van der Waals surface area contributed by atoms with E-state index in [0.717, 1.165) is 12.1 Å². The molecular formula is C11H9F2NO2. The lowest BCUT2D eigenvalue weighted by Gasteiger charge is -1.98. The van der Waals surface area contributed by atoms with Crippen molar-refractivity contribution in [3.05, 3.63) is 29.3 Å². The Morgan fingerprint density at radius 1 is 1.44 bits per heavy atom. The Bertz CT molecular complexity index is 452. The number of halogens is 2. The number of carbonyl (C=O) groups excluding carboxylic acids is 1. The molecule has 0 atom stereocenters. The van der Waals surface area contributed by atoms with Crippen molar-refractivity contribution < 1.29 is 18.3 Å². The molecule has 0 bridgehead atoms. The van der Waals surface area contributed by atoms with E-state index in [2.05, 4.69) is 16.6 Å². The summed E-state index contributed by atoms with van der Waals surface area (Å²) in [6, 6.07) is 2.01. The zero-order valence-electron chi connectivity index (χ0n) is 8.51. The van der Waals surface area contributed by atoms with Crippen LogP contribution in [-0.4, -0.2) is 13.1 Å². The molecule has 84 valence electrons. The van der Waals surface area contributed by atoms with Crippen molar-refractivity contribution in [3.8, 4) is 11.8 Å². The van der Waals surface area contributed by atoms with E-state index >= 15 is 0 Å². The van der Waals surface area contributed by atoms with Crippen molar-refractivity contribution in [2.75, 3.05) is 12.8 Å². The van der Waals surface area contributed by atoms with Crippen LogP contribution in [0.4, 0.5) is 14.5 Å². The molecule has 16 heavy (non-hydrogen) atoms. The fourth-order valence-corrected chi connectivity index (χ4v) is 0.947. The molecule has 2 N–H and O–H groups in total. The minimum absolute atomic E-state index is 0.119. The van der Waals surface area contributed by atoms with Crippen LogP contribution in [0.1, 0.15) is 12.0 Å². The first kappa shape index (κ1) is 12.0. The normalized spacial score (nSPS) is 9.19. The highest BCUT2D eigenvalue weighted by molar-refractivity contribution is 5.72. The maximum Gasteiger partial charge on any atom is 0.317 e. The number of benzene rings is 1. The third kappa shape index (κ3) is 2.95. The van der Waals surface area contributed by atoms with Crippen LogP contribution < -0.4 is 5.73 Å². The number of carbonyl (C=O) groups is 1. The lowest BCUT2D eigenvalue weighted by molar-refractivity contribution is -0.139. The van der Waals surface area contributed by atoms with E-state index in [-0.39, 0.29) is 12.0 Å². The molecule has 0 aliphatic rings. The lowest BCUT2D eigenvalue weighted by atomic mass is 10.2. The van der Waals surface area contributed by atoms with Gasteiger partial charge in [0.1, 0.15) is 23.7 Å². The molecule has 0 amide bonds. The van der Waals surface area contributed by atoms with Crippen LogP contribution in [-0.2, 0) is 9.53 Å². The van der Waals surface area contributed by atoms with Gasteiger partial charge in [0, 0.05) is 5.56 Å². The fourth-order valence-electron chi connectivity index (χ4n) is 0.947. The van der Waals surface area contributed by atoms with E-state index in [1.54, 1.807) is 0 Å². The van der Waals surface area contributed by atoms with Crippen molar-refractivity contribution in [2.45, 2.75) is 6.42 Å². The minimum atomic E-state index is -0.873. The summed E-state index contributed by atoms with van der Waals surface area (Å²) >= 11 is 0. The van der Waals surface area contributed by atoms with Gasteiger partial charge in [-0.2, -0.15) is 0 Å². The van der Waals surface area contributed by atoms with Crippen LogP contribution in [0.2, 0.25) is 0 Å². The number of ether oxygens (including phenoxy) is 1. The zero-order chi connectivity index (χ0) is 12.1. The molecule has 1 rings (SSSR count). The summed E-state index contributed by atoms with van der Waals surface area (Å²) in [5.41, 5.74) is 4.65. The second-order valence-corrected chi connectivity index (χ2v) is 2.91. The van der Waals surface area contributed by atoms with Gasteiger partial charge in [0.15, 0.2) is 0 Å². The van der Waals surface area contributed by atoms with Gasteiger partial charge in [-0.1, -0.05) is 11.8 Å². The van der Waals surface area contributed by atoms with Gasteiger partial charge in [0.2, 0.25) is 0 Å². The standard InChI is InChI=1S/C11H9F2NO2/c1-16-10(15)4-2-3-7-5-8(12)11(14)9(13)6-7/h5-6H,4,14H2,1H3. The van der Waals surface area contributed by atoms with Gasteiger partial charge >= 0.3 is 5.97 Å². The maximum absolute atomic E-state index is 13.0. The van der Waals surface area contributed by atoms with Crippen molar-refractivity contribution >= 4 is 11.7 Å². The van der Waals surface area contributed by atoms with Gasteiger partial charge in [0.05, 0.1) is 7.11 Å². The van der Waals surface area contributed by atoms with E-state index in [1.807, 2.05) is 0 Å². The number of nitrogen functional groups attached to an aromatic ring is 1. The van der Waals surface area contributed by atoms with Gasteiger partial charge in [-0.15, -0.1) is 0 Å². The average Bonchev–Trinajstić information content (AvgIpc) is 2.25. The van der Waals surface area contributed by atoms with Crippen molar-refractivity contribution in [1.82, 2.24) is 0 Å². The second kappa shape index (κ2) is 5.12. The number of hydrogen-bond donors (Lipinski definition) is 1. The van der Waals surface area contributed by atoms with Gasteiger partial charge in [0.25, 0.3) is 0 Å². The van der Waals surface area contributed by atoms with Crippen molar-refractivity contribution in [2.24, 2.45) is 0 Å². The minimum Gasteiger partial charge on any atom is -0.468 e. The highest BCUT2D eigenvalue weighted by Gasteiger charge is 2.05. The third-order valence-electron chi connectivity index (χ3n) is 1.77. The topological polar surface area (TPSA) is 52.3 Å². The smallest absolute Gasteiger partial charge is 0.317 e. The van der Waals surface area contributed by atoms with Crippen LogP contribution in [0.25, 0.3) is 0 Å². The molecule has 0 radical (unpaired) electrons. The van der Waals surface area contributed by atoms with E-state index in [0.29, 0.717) is 0 Å². The van der Waals surface area contributed by atoms with Gasteiger partial charge < -0.3 is 10.5 Å². The van der Waals surface area contributed by atoms with E-state index in [9.17, 15) is 13.6 Å². The second-order valence-electron chi connectivity index (χ2n) is 2.91. The molecule has 0 unspecified atom stereocenters. The monoisotopic (exact) mass is 225 g/mol. The van der Waals surface area contributed by atoms with Gasteiger partial charge in [-0.25, -0.2) is 8.78 Å². The molecular weight excluding hydrogens is 216 g/mol. The molecule has 0 fully saturated rings. The van der Waals surface area contributed by atoms with E-state index < -0.39 is 23.3 Å².